The Hall–Kier alpha value is -2.51. The molecule has 122 valence electrons. The lowest BCUT2D eigenvalue weighted by atomic mass is 9.86. The van der Waals surface area contributed by atoms with Crippen LogP contribution in [0.1, 0.15) is 19.8 Å². The molecule has 3 amide bonds. The predicted octanol–water partition coefficient (Wildman–Crippen LogP) is -0.432. The van der Waals surface area contributed by atoms with E-state index >= 15 is 0 Å². The van der Waals surface area contributed by atoms with Crippen molar-refractivity contribution in [2.75, 3.05) is 31.1 Å². The van der Waals surface area contributed by atoms with Crippen LogP contribution in [0.5, 0.6) is 0 Å². The lowest BCUT2D eigenvalue weighted by Gasteiger charge is -2.24. The van der Waals surface area contributed by atoms with Gasteiger partial charge in [-0.15, -0.1) is 0 Å². The minimum atomic E-state index is -0.224. The quantitative estimate of drug-likeness (QED) is 0.816. The maximum absolute atomic E-state index is 12.3. The molecule has 1 unspecified atom stereocenters. The molecule has 1 aromatic heterocycles. The van der Waals surface area contributed by atoms with Crippen molar-refractivity contribution in [1.82, 2.24) is 20.2 Å². The number of aromatic nitrogens is 2. The van der Waals surface area contributed by atoms with Crippen molar-refractivity contribution in [1.29, 1.82) is 0 Å². The Bertz CT molecular complexity index is 635. The number of carbonyl (C=O) groups is 3. The SMILES string of the molecule is CC(=O)NCC(=O)N1CCC2(CC(=O)N(c3cncnc3)C2)C1. The van der Waals surface area contributed by atoms with Gasteiger partial charge >= 0.3 is 0 Å². The first kappa shape index (κ1) is 15.4. The maximum Gasteiger partial charge on any atom is 0.241 e. The van der Waals surface area contributed by atoms with Gasteiger partial charge in [-0.05, 0) is 6.42 Å². The van der Waals surface area contributed by atoms with Crippen LogP contribution in [-0.4, -0.2) is 58.8 Å². The van der Waals surface area contributed by atoms with Crippen LogP contribution in [0.3, 0.4) is 0 Å². The van der Waals surface area contributed by atoms with Crippen molar-refractivity contribution in [2.24, 2.45) is 5.41 Å². The highest BCUT2D eigenvalue weighted by molar-refractivity contribution is 5.96. The zero-order chi connectivity index (χ0) is 16.4. The van der Waals surface area contributed by atoms with E-state index in [4.69, 9.17) is 0 Å². The van der Waals surface area contributed by atoms with Gasteiger partial charge in [0, 0.05) is 38.4 Å². The van der Waals surface area contributed by atoms with Crippen LogP contribution in [0.2, 0.25) is 0 Å². The monoisotopic (exact) mass is 317 g/mol. The normalized spacial score (nSPS) is 23.6. The summed E-state index contributed by atoms with van der Waals surface area (Å²) in [5.41, 5.74) is 0.483. The molecule has 0 saturated carbocycles. The summed E-state index contributed by atoms with van der Waals surface area (Å²) in [7, 11) is 0. The lowest BCUT2D eigenvalue weighted by Crippen LogP contribution is -2.40. The number of hydrogen-bond acceptors (Lipinski definition) is 5. The Morgan fingerprint density at radius 1 is 1.30 bits per heavy atom. The van der Waals surface area contributed by atoms with E-state index < -0.39 is 0 Å². The Kier molecular flexibility index (Phi) is 3.97. The smallest absolute Gasteiger partial charge is 0.241 e. The van der Waals surface area contributed by atoms with E-state index in [0.29, 0.717) is 31.7 Å². The standard InChI is InChI=1S/C15H19N5O3/c1-11(21)18-7-14(23)19-3-2-15(8-19)4-13(22)20(9-15)12-5-16-10-17-6-12/h5-6,10H,2-4,7-9H2,1H3,(H,18,21). The molecule has 2 aliphatic heterocycles. The summed E-state index contributed by atoms with van der Waals surface area (Å²) in [6.07, 6.45) is 5.88. The molecule has 8 heteroatoms. The van der Waals surface area contributed by atoms with Gasteiger partial charge in [-0.2, -0.15) is 0 Å². The summed E-state index contributed by atoms with van der Waals surface area (Å²) in [6, 6.07) is 0. The number of hydrogen-bond donors (Lipinski definition) is 1. The van der Waals surface area contributed by atoms with E-state index in [1.807, 2.05) is 0 Å². The van der Waals surface area contributed by atoms with Crippen molar-refractivity contribution < 1.29 is 14.4 Å². The van der Waals surface area contributed by atoms with Gasteiger partial charge in [-0.3, -0.25) is 14.4 Å². The van der Waals surface area contributed by atoms with Crippen LogP contribution in [0.25, 0.3) is 0 Å². The third kappa shape index (κ3) is 3.15. The Morgan fingerprint density at radius 2 is 2.04 bits per heavy atom. The minimum Gasteiger partial charge on any atom is -0.347 e. The van der Waals surface area contributed by atoms with Crippen LogP contribution in [0.15, 0.2) is 18.7 Å². The van der Waals surface area contributed by atoms with E-state index in [2.05, 4.69) is 15.3 Å². The molecule has 2 saturated heterocycles. The molecule has 0 radical (unpaired) electrons. The lowest BCUT2D eigenvalue weighted by molar-refractivity contribution is -0.132. The molecule has 0 aliphatic carbocycles. The van der Waals surface area contributed by atoms with Gasteiger partial charge < -0.3 is 15.1 Å². The average Bonchev–Trinajstić information content (AvgIpc) is 3.09. The summed E-state index contributed by atoms with van der Waals surface area (Å²) in [6.45, 7) is 3.12. The number of anilines is 1. The molecule has 1 N–H and O–H groups in total. The molecule has 3 heterocycles. The number of amides is 3. The summed E-state index contributed by atoms with van der Waals surface area (Å²) in [5.74, 6) is -0.291. The molecule has 0 bridgehead atoms. The first-order valence-electron chi connectivity index (χ1n) is 7.57. The molecule has 8 nitrogen and oxygen atoms in total. The van der Waals surface area contributed by atoms with Crippen molar-refractivity contribution in [3.8, 4) is 0 Å². The number of likely N-dealkylation sites (tertiary alicyclic amines) is 1. The van der Waals surface area contributed by atoms with E-state index in [-0.39, 0.29) is 29.7 Å². The molecule has 1 aromatic rings. The maximum atomic E-state index is 12.3. The highest BCUT2D eigenvalue weighted by Crippen LogP contribution is 2.41. The number of nitrogens with one attached hydrogen (secondary N) is 1. The zero-order valence-corrected chi connectivity index (χ0v) is 13.0. The Morgan fingerprint density at radius 3 is 2.74 bits per heavy atom. The van der Waals surface area contributed by atoms with Crippen molar-refractivity contribution in [3.05, 3.63) is 18.7 Å². The Labute approximate surface area is 133 Å². The fourth-order valence-electron chi connectivity index (χ4n) is 3.29. The topological polar surface area (TPSA) is 95.5 Å². The van der Waals surface area contributed by atoms with Gasteiger partial charge in [0.05, 0.1) is 24.6 Å². The fourth-order valence-corrected chi connectivity index (χ4v) is 3.29. The Balaban J connectivity index is 1.65. The second kappa shape index (κ2) is 5.94. The van der Waals surface area contributed by atoms with Crippen LogP contribution >= 0.6 is 0 Å². The van der Waals surface area contributed by atoms with Gasteiger partial charge in [-0.25, -0.2) is 9.97 Å². The van der Waals surface area contributed by atoms with E-state index in [9.17, 15) is 14.4 Å². The molecule has 23 heavy (non-hydrogen) atoms. The molecule has 1 spiro atoms. The first-order valence-corrected chi connectivity index (χ1v) is 7.57. The van der Waals surface area contributed by atoms with E-state index in [1.165, 1.54) is 13.3 Å². The van der Waals surface area contributed by atoms with Crippen LogP contribution < -0.4 is 10.2 Å². The highest BCUT2D eigenvalue weighted by Gasteiger charge is 2.48. The summed E-state index contributed by atoms with van der Waals surface area (Å²) >= 11 is 0. The molecular weight excluding hydrogens is 298 g/mol. The molecule has 1 atom stereocenters. The number of nitrogens with zero attached hydrogens (tertiary/aromatic N) is 4. The van der Waals surface area contributed by atoms with Gasteiger partial charge in [-0.1, -0.05) is 0 Å². The number of rotatable bonds is 3. The second-order valence-electron chi connectivity index (χ2n) is 6.23. The molecule has 2 fully saturated rings. The van der Waals surface area contributed by atoms with Gasteiger partial charge in [0.2, 0.25) is 17.7 Å². The number of carbonyl (C=O) groups excluding carboxylic acids is 3. The highest BCUT2D eigenvalue weighted by atomic mass is 16.2. The van der Waals surface area contributed by atoms with Crippen LogP contribution in [0.4, 0.5) is 5.69 Å². The molecule has 2 aliphatic rings. The summed E-state index contributed by atoms with van der Waals surface area (Å²) < 4.78 is 0. The van der Waals surface area contributed by atoms with Crippen molar-refractivity contribution >= 4 is 23.4 Å². The van der Waals surface area contributed by atoms with Gasteiger partial charge in [0.15, 0.2) is 0 Å². The molecule has 0 aromatic carbocycles. The van der Waals surface area contributed by atoms with Crippen molar-refractivity contribution in [3.63, 3.8) is 0 Å². The largest absolute Gasteiger partial charge is 0.347 e. The van der Waals surface area contributed by atoms with E-state index in [1.54, 1.807) is 22.2 Å². The van der Waals surface area contributed by atoms with E-state index in [0.717, 1.165) is 6.42 Å². The first-order chi connectivity index (χ1) is 11.0. The molecule has 3 rings (SSSR count). The second-order valence-corrected chi connectivity index (χ2v) is 6.23. The summed E-state index contributed by atoms with van der Waals surface area (Å²) in [4.78, 5) is 46.7. The van der Waals surface area contributed by atoms with Crippen LogP contribution in [-0.2, 0) is 14.4 Å². The third-order valence-corrected chi connectivity index (χ3v) is 4.46. The minimum absolute atomic E-state index is 0.00952. The molecular formula is C15H19N5O3. The average molecular weight is 317 g/mol. The fraction of sp³-hybridized carbons (Fsp3) is 0.533. The van der Waals surface area contributed by atoms with Crippen molar-refractivity contribution in [2.45, 2.75) is 19.8 Å². The van der Waals surface area contributed by atoms with Crippen LogP contribution in [0, 0.1) is 5.41 Å². The third-order valence-electron chi connectivity index (χ3n) is 4.46. The summed E-state index contributed by atoms with van der Waals surface area (Å²) in [5, 5.41) is 2.52. The predicted molar refractivity (Wildman–Crippen MR) is 81.3 cm³/mol. The van der Waals surface area contributed by atoms with Gasteiger partial charge in [0.25, 0.3) is 0 Å². The van der Waals surface area contributed by atoms with Gasteiger partial charge in [0.1, 0.15) is 6.33 Å². The zero-order valence-electron chi connectivity index (χ0n) is 13.0.